The standard InChI is InChI=1S/C13H14ClN3O2/c1-2-17-13(15-9-16-17)7-11(18)8-19-12-5-3-10(14)4-6-12/h3-6,9H,2,7-8H2,1H3. The van der Waals surface area contributed by atoms with E-state index < -0.39 is 0 Å². The van der Waals surface area contributed by atoms with Crippen LogP contribution >= 0.6 is 11.6 Å². The van der Waals surface area contributed by atoms with Crippen LogP contribution in [0.3, 0.4) is 0 Å². The van der Waals surface area contributed by atoms with Gasteiger partial charge in [-0.3, -0.25) is 4.79 Å². The Labute approximate surface area is 116 Å². The lowest BCUT2D eigenvalue weighted by Crippen LogP contribution is -2.17. The second-order valence-corrected chi connectivity index (χ2v) is 4.39. The zero-order chi connectivity index (χ0) is 13.7. The van der Waals surface area contributed by atoms with Gasteiger partial charge in [-0.1, -0.05) is 11.6 Å². The van der Waals surface area contributed by atoms with Gasteiger partial charge in [0.1, 0.15) is 24.5 Å². The van der Waals surface area contributed by atoms with Gasteiger partial charge >= 0.3 is 0 Å². The summed E-state index contributed by atoms with van der Waals surface area (Å²) in [7, 11) is 0. The SMILES string of the molecule is CCn1ncnc1CC(=O)COc1ccc(Cl)cc1. The molecule has 0 bridgehead atoms. The van der Waals surface area contributed by atoms with Crippen molar-refractivity contribution in [1.29, 1.82) is 0 Å². The molecule has 0 unspecified atom stereocenters. The third kappa shape index (κ3) is 3.79. The van der Waals surface area contributed by atoms with Gasteiger partial charge in [-0.2, -0.15) is 5.10 Å². The van der Waals surface area contributed by atoms with Crippen LogP contribution in [-0.2, 0) is 17.8 Å². The van der Waals surface area contributed by atoms with Gasteiger partial charge in [0.25, 0.3) is 0 Å². The molecule has 6 heteroatoms. The number of benzene rings is 1. The lowest BCUT2D eigenvalue weighted by molar-refractivity contribution is -0.120. The van der Waals surface area contributed by atoms with Crippen molar-refractivity contribution in [2.75, 3.05) is 6.61 Å². The van der Waals surface area contributed by atoms with Crippen LogP contribution in [0, 0.1) is 0 Å². The zero-order valence-corrected chi connectivity index (χ0v) is 11.3. The second kappa shape index (κ2) is 6.33. The van der Waals surface area contributed by atoms with Gasteiger partial charge in [0.05, 0.1) is 6.42 Å². The van der Waals surface area contributed by atoms with Crippen LogP contribution < -0.4 is 4.74 Å². The van der Waals surface area contributed by atoms with Crippen LogP contribution in [0.2, 0.25) is 5.02 Å². The van der Waals surface area contributed by atoms with Crippen LogP contribution in [0.1, 0.15) is 12.7 Å². The molecule has 2 aromatic rings. The molecule has 1 aromatic carbocycles. The van der Waals surface area contributed by atoms with Gasteiger partial charge in [-0.25, -0.2) is 9.67 Å². The van der Waals surface area contributed by atoms with Crippen LogP contribution in [0.4, 0.5) is 0 Å². The molecule has 0 aliphatic rings. The van der Waals surface area contributed by atoms with E-state index in [0.29, 0.717) is 23.1 Å². The molecule has 0 atom stereocenters. The van der Waals surface area contributed by atoms with E-state index in [1.807, 2.05) is 6.92 Å². The molecule has 5 nitrogen and oxygen atoms in total. The first kappa shape index (κ1) is 13.5. The Morgan fingerprint density at radius 1 is 1.37 bits per heavy atom. The average molecular weight is 280 g/mol. The van der Waals surface area contributed by atoms with Crippen molar-refractivity contribution in [2.24, 2.45) is 0 Å². The summed E-state index contributed by atoms with van der Waals surface area (Å²) in [6.45, 7) is 2.66. The van der Waals surface area contributed by atoms with Crippen molar-refractivity contribution in [3.8, 4) is 5.75 Å². The highest BCUT2D eigenvalue weighted by Gasteiger charge is 2.10. The highest BCUT2D eigenvalue weighted by atomic mass is 35.5. The third-order valence-corrected chi connectivity index (χ3v) is 2.82. The first-order valence-corrected chi connectivity index (χ1v) is 6.33. The van der Waals surface area contributed by atoms with Crippen LogP contribution in [0.15, 0.2) is 30.6 Å². The maximum atomic E-state index is 11.8. The maximum absolute atomic E-state index is 11.8. The summed E-state index contributed by atoms with van der Waals surface area (Å²) in [6.07, 6.45) is 1.67. The predicted octanol–water partition coefficient (Wildman–Crippen LogP) is 2.14. The van der Waals surface area contributed by atoms with E-state index in [-0.39, 0.29) is 18.8 Å². The summed E-state index contributed by atoms with van der Waals surface area (Å²) in [5.74, 6) is 1.24. The minimum atomic E-state index is -0.0438. The van der Waals surface area contributed by atoms with E-state index in [2.05, 4.69) is 10.1 Å². The Morgan fingerprint density at radius 3 is 2.79 bits per heavy atom. The third-order valence-electron chi connectivity index (χ3n) is 2.56. The minimum absolute atomic E-state index is 0.0121. The summed E-state index contributed by atoms with van der Waals surface area (Å²) < 4.78 is 7.07. The largest absolute Gasteiger partial charge is 0.486 e. The fourth-order valence-corrected chi connectivity index (χ4v) is 1.74. The van der Waals surface area contributed by atoms with E-state index in [1.54, 1.807) is 28.9 Å². The number of Topliss-reactive ketones (excluding diaryl/α,β-unsaturated/α-hetero) is 1. The van der Waals surface area contributed by atoms with Crippen molar-refractivity contribution in [1.82, 2.24) is 14.8 Å². The Balaban J connectivity index is 1.86. The van der Waals surface area contributed by atoms with Crippen LogP contribution in [0.25, 0.3) is 0 Å². The molecule has 1 aromatic heterocycles. The Kier molecular flexibility index (Phi) is 4.52. The molecule has 19 heavy (non-hydrogen) atoms. The van der Waals surface area contributed by atoms with Crippen molar-refractivity contribution >= 4 is 17.4 Å². The number of carbonyl (C=O) groups is 1. The van der Waals surface area contributed by atoms with Crippen LogP contribution in [-0.4, -0.2) is 27.2 Å². The fourth-order valence-electron chi connectivity index (χ4n) is 1.61. The summed E-state index contributed by atoms with van der Waals surface area (Å²) in [5, 5.41) is 4.65. The summed E-state index contributed by atoms with van der Waals surface area (Å²) in [4.78, 5) is 15.8. The number of aromatic nitrogens is 3. The van der Waals surface area contributed by atoms with Gasteiger partial charge in [0.15, 0.2) is 5.78 Å². The van der Waals surface area contributed by atoms with Crippen molar-refractivity contribution in [3.63, 3.8) is 0 Å². The van der Waals surface area contributed by atoms with Gasteiger partial charge < -0.3 is 4.74 Å². The van der Waals surface area contributed by atoms with Gasteiger partial charge in [-0.15, -0.1) is 0 Å². The molecule has 0 N–H and O–H groups in total. The quantitative estimate of drug-likeness (QED) is 0.813. The summed E-state index contributed by atoms with van der Waals surface area (Å²) in [6, 6.07) is 6.89. The van der Waals surface area contributed by atoms with Crippen molar-refractivity contribution in [3.05, 3.63) is 41.4 Å². The van der Waals surface area contributed by atoms with E-state index in [1.165, 1.54) is 6.33 Å². The zero-order valence-electron chi connectivity index (χ0n) is 10.5. The highest BCUT2D eigenvalue weighted by Crippen LogP contribution is 2.15. The molecular weight excluding hydrogens is 266 g/mol. The minimum Gasteiger partial charge on any atom is -0.486 e. The molecule has 0 amide bonds. The number of carbonyl (C=O) groups excluding carboxylic acids is 1. The second-order valence-electron chi connectivity index (χ2n) is 3.95. The lowest BCUT2D eigenvalue weighted by atomic mass is 10.3. The molecule has 0 radical (unpaired) electrons. The molecule has 1 heterocycles. The summed E-state index contributed by atoms with van der Waals surface area (Å²) in [5.41, 5.74) is 0. The number of nitrogens with zero attached hydrogens (tertiary/aromatic N) is 3. The van der Waals surface area contributed by atoms with Crippen molar-refractivity contribution < 1.29 is 9.53 Å². The average Bonchev–Trinajstić information content (AvgIpc) is 2.85. The first-order chi connectivity index (χ1) is 9.19. The van der Waals surface area contributed by atoms with E-state index in [4.69, 9.17) is 16.3 Å². The predicted molar refractivity (Wildman–Crippen MR) is 71.4 cm³/mol. The lowest BCUT2D eigenvalue weighted by Gasteiger charge is -2.06. The van der Waals surface area contributed by atoms with E-state index >= 15 is 0 Å². The smallest absolute Gasteiger partial charge is 0.177 e. The van der Waals surface area contributed by atoms with Gasteiger partial charge in [0, 0.05) is 11.6 Å². The normalized spacial score (nSPS) is 10.4. The molecular formula is C13H14ClN3O2. The monoisotopic (exact) mass is 279 g/mol. The van der Waals surface area contributed by atoms with E-state index in [9.17, 15) is 4.79 Å². The molecule has 0 spiro atoms. The number of hydrogen-bond acceptors (Lipinski definition) is 4. The molecule has 0 fully saturated rings. The first-order valence-electron chi connectivity index (χ1n) is 5.95. The Morgan fingerprint density at radius 2 is 2.11 bits per heavy atom. The number of rotatable bonds is 6. The van der Waals surface area contributed by atoms with Crippen LogP contribution in [0.5, 0.6) is 5.75 Å². The molecule has 0 aliphatic heterocycles. The molecule has 100 valence electrons. The van der Waals surface area contributed by atoms with Crippen molar-refractivity contribution in [2.45, 2.75) is 19.9 Å². The van der Waals surface area contributed by atoms with Gasteiger partial charge in [0.2, 0.25) is 0 Å². The van der Waals surface area contributed by atoms with Gasteiger partial charge in [-0.05, 0) is 31.2 Å². The number of ether oxygens (including phenoxy) is 1. The fraction of sp³-hybridized carbons (Fsp3) is 0.308. The number of hydrogen-bond donors (Lipinski definition) is 0. The maximum Gasteiger partial charge on any atom is 0.177 e. The molecule has 0 saturated heterocycles. The molecule has 2 rings (SSSR count). The molecule has 0 saturated carbocycles. The number of halogens is 1. The number of ketones is 1. The summed E-state index contributed by atoms with van der Waals surface area (Å²) >= 11 is 5.76. The highest BCUT2D eigenvalue weighted by molar-refractivity contribution is 6.30. The molecule has 0 aliphatic carbocycles. The topological polar surface area (TPSA) is 57.0 Å². The Hall–Kier alpha value is -1.88. The number of aryl methyl sites for hydroxylation is 1. The Bertz CT molecular complexity index is 551. The van der Waals surface area contributed by atoms with E-state index in [0.717, 1.165) is 0 Å².